The Morgan fingerprint density at radius 2 is 1.59 bits per heavy atom. The van der Waals surface area contributed by atoms with Crippen molar-refractivity contribution in [3.05, 3.63) is 70.8 Å². The Bertz CT molecular complexity index is 675. The molecule has 1 nitrogen and oxygen atoms in total. The van der Waals surface area contributed by atoms with Crippen LogP contribution in [-0.2, 0) is 18.5 Å². The first kappa shape index (κ1) is 14.0. The van der Waals surface area contributed by atoms with Crippen molar-refractivity contribution in [2.75, 3.05) is 6.54 Å². The number of aryl methyl sites for hydroxylation is 1. The van der Waals surface area contributed by atoms with Gasteiger partial charge >= 0.3 is 0 Å². The zero-order valence-corrected chi connectivity index (χ0v) is 13.5. The van der Waals surface area contributed by atoms with E-state index in [0.29, 0.717) is 0 Å². The van der Waals surface area contributed by atoms with E-state index in [1.54, 1.807) is 16.7 Å². The highest BCUT2D eigenvalue weighted by molar-refractivity contribution is 5.50. The molecule has 0 bridgehead atoms. The zero-order chi connectivity index (χ0) is 15.0. The second kappa shape index (κ2) is 5.55. The number of benzene rings is 2. The molecule has 0 aromatic heterocycles. The summed E-state index contributed by atoms with van der Waals surface area (Å²) in [4.78, 5) is 2.75. The van der Waals surface area contributed by atoms with E-state index < -0.39 is 0 Å². The molecule has 1 unspecified atom stereocenters. The van der Waals surface area contributed by atoms with Crippen molar-refractivity contribution in [1.82, 2.24) is 4.90 Å². The van der Waals surface area contributed by atoms with E-state index in [1.165, 1.54) is 44.2 Å². The average molecular weight is 291 g/mol. The van der Waals surface area contributed by atoms with Crippen LogP contribution >= 0.6 is 0 Å². The highest BCUT2D eigenvalue weighted by Gasteiger charge is 2.46. The first-order valence-electron chi connectivity index (χ1n) is 8.78. The van der Waals surface area contributed by atoms with Gasteiger partial charge in [0.05, 0.1) is 5.54 Å². The molecule has 1 aliphatic heterocycles. The lowest BCUT2D eigenvalue weighted by molar-refractivity contribution is 0.128. The molecule has 22 heavy (non-hydrogen) atoms. The lowest BCUT2D eigenvalue weighted by Crippen LogP contribution is -2.42. The van der Waals surface area contributed by atoms with E-state index in [2.05, 4.69) is 60.4 Å². The number of hydrogen-bond donors (Lipinski definition) is 0. The first-order valence-corrected chi connectivity index (χ1v) is 8.78. The van der Waals surface area contributed by atoms with Gasteiger partial charge in [0.15, 0.2) is 0 Å². The predicted molar refractivity (Wildman–Crippen MR) is 91.9 cm³/mol. The lowest BCUT2D eigenvalue weighted by atomic mass is 9.78. The Labute approximate surface area is 134 Å². The van der Waals surface area contributed by atoms with Gasteiger partial charge in [0.1, 0.15) is 0 Å². The molecule has 0 amide bonds. The van der Waals surface area contributed by atoms with Crippen LogP contribution in [0.3, 0.4) is 0 Å². The summed E-state index contributed by atoms with van der Waals surface area (Å²) in [5.41, 5.74) is 6.37. The highest BCUT2D eigenvalue weighted by atomic mass is 15.2. The second-order valence-corrected chi connectivity index (χ2v) is 6.80. The van der Waals surface area contributed by atoms with Gasteiger partial charge in [0.25, 0.3) is 0 Å². The fourth-order valence-corrected chi connectivity index (χ4v) is 4.69. The van der Waals surface area contributed by atoms with Crippen LogP contribution in [-0.4, -0.2) is 11.4 Å². The third-order valence-corrected chi connectivity index (χ3v) is 5.56. The van der Waals surface area contributed by atoms with E-state index in [-0.39, 0.29) is 5.54 Å². The van der Waals surface area contributed by atoms with Gasteiger partial charge in [-0.25, -0.2) is 0 Å². The van der Waals surface area contributed by atoms with Gasteiger partial charge < -0.3 is 0 Å². The maximum absolute atomic E-state index is 2.75. The minimum Gasteiger partial charge on any atom is -0.285 e. The molecule has 0 saturated heterocycles. The monoisotopic (exact) mass is 291 g/mol. The van der Waals surface area contributed by atoms with Crippen LogP contribution in [0.5, 0.6) is 0 Å². The minimum absolute atomic E-state index is 0.125. The average Bonchev–Trinajstić information content (AvgIpc) is 2.73. The summed E-state index contributed by atoms with van der Waals surface area (Å²) >= 11 is 0. The molecule has 0 saturated carbocycles. The summed E-state index contributed by atoms with van der Waals surface area (Å²) in [5.74, 6) is 0. The molecule has 1 heteroatoms. The van der Waals surface area contributed by atoms with Crippen molar-refractivity contribution in [2.45, 2.75) is 51.1 Å². The predicted octanol–water partition coefficient (Wildman–Crippen LogP) is 4.88. The largest absolute Gasteiger partial charge is 0.285 e. The molecule has 0 radical (unpaired) electrons. The van der Waals surface area contributed by atoms with Gasteiger partial charge in [-0.3, -0.25) is 4.90 Å². The quantitative estimate of drug-likeness (QED) is 0.762. The van der Waals surface area contributed by atoms with Crippen molar-refractivity contribution in [2.24, 2.45) is 0 Å². The molecule has 4 rings (SSSR count). The zero-order valence-electron chi connectivity index (χ0n) is 13.5. The van der Waals surface area contributed by atoms with E-state index in [0.717, 1.165) is 6.54 Å². The van der Waals surface area contributed by atoms with E-state index in [9.17, 15) is 0 Å². The van der Waals surface area contributed by atoms with Gasteiger partial charge in [-0.05, 0) is 54.5 Å². The number of fused-ring (bicyclic) bond motifs is 4. The van der Waals surface area contributed by atoms with Crippen LogP contribution in [0.4, 0.5) is 0 Å². The number of nitrogens with zero attached hydrogens (tertiary/aromatic N) is 1. The molecule has 114 valence electrons. The van der Waals surface area contributed by atoms with Crippen LogP contribution < -0.4 is 0 Å². The molecule has 0 N–H and O–H groups in total. The van der Waals surface area contributed by atoms with Crippen molar-refractivity contribution in [3.8, 4) is 0 Å². The molecule has 1 heterocycles. The Kier molecular flexibility index (Phi) is 3.54. The molecule has 1 spiro atoms. The van der Waals surface area contributed by atoms with E-state index in [1.807, 2.05) is 0 Å². The van der Waals surface area contributed by atoms with Gasteiger partial charge in [-0.15, -0.1) is 0 Å². The van der Waals surface area contributed by atoms with Gasteiger partial charge in [-0.2, -0.15) is 0 Å². The minimum atomic E-state index is 0.125. The molecule has 2 aromatic carbocycles. The van der Waals surface area contributed by atoms with E-state index >= 15 is 0 Å². The molecule has 2 aromatic rings. The van der Waals surface area contributed by atoms with Crippen molar-refractivity contribution in [1.29, 1.82) is 0 Å². The Hall–Kier alpha value is -1.60. The van der Waals surface area contributed by atoms with Crippen LogP contribution in [0, 0.1) is 0 Å². The van der Waals surface area contributed by atoms with Crippen LogP contribution in [0.15, 0.2) is 48.5 Å². The fourth-order valence-electron chi connectivity index (χ4n) is 4.69. The summed E-state index contributed by atoms with van der Waals surface area (Å²) in [6, 6.07) is 18.3. The van der Waals surface area contributed by atoms with Crippen molar-refractivity contribution in [3.63, 3.8) is 0 Å². The van der Waals surface area contributed by atoms with Gasteiger partial charge in [0, 0.05) is 6.54 Å². The van der Waals surface area contributed by atoms with Crippen molar-refractivity contribution >= 4 is 0 Å². The maximum Gasteiger partial charge on any atom is 0.0724 e. The highest BCUT2D eigenvalue weighted by Crippen LogP contribution is 2.50. The normalized spacial score (nSPS) is 24.0. The van der Waals surface area contributed by atoms with Crippen LogP contribution in [0.25, 0.3) is 0 Å². The summed E-state index contributed by atoms with van der Waals surface area (Å²) in [5, 5.41) is 0. The Balaban J connectivity index is 1.96. The molecule has 0 fully saturated rings. The molecule has 1 aliphatic carbocycles. The first-order chi connectivity index (χ1) is 10.9. The lowest BCUT2D eigenvalue weighted by Gasteiger charge is -2.40. The summed E-state index contributed by atoms with van der Waals surface area (Å²) in [7, 11) is 0. The van der Waals surface area contributed by atoms with Crippen LogP contribution in [0.1, 0.15) is 54.9 Å². The second-order valence-electron chi connectivity index (χ2n) is 6.80. The molecular weight excluding hydrogens is 266 g/mol. The molecule has 1 atom stereocenters. The maximum atomic E-state index is 2.75. The van der Waals surface area contributed by atoms with Crippen LogP contribution in [0.2, 0.25) is 0 Å². The van der Waals surface area contributed by atoms with Gasteiger partial charge in [0.2, 0.25) is 0 Å². The topological polar surface area (TPSA) is 3.24 Å². The summed E-state index contributed by atoms with van der Waals surface area (Å²) in [6.45, 7) is 4.60. The Morgan fingerprint density at radius 3 is 2.36 bits per heavy atom. The third kappa shape index (κ3) is 1.95. The molecule has 2 aliphatic rings. The summed E-state index contributed by atoms with van der Waals surface area (Å²) < 4.78 is 0. The SMILES string of the molecule is CCCN1Cc2ccccc2C12CCCCc1ccccc12. The Morgan fingerprint density at radius 1 is 0.909 bits per heavy atom. The third-order valence-electron chi connectivity index (χ3n) is 5.56. The van der Waals surface area contributed by atoms with Crippen molar-refractivity contribution < 1.29 is 0 Å². The number of hydrogen-bond acceptors (Lipinski definition) is 1. The smallest absolute Gasteiger partial charge is 0.0724 e. The summed E-state index contributed by atoms with van der Waals surface area (Å²) in [6.07, 6.45) is 6.36. The van der Waals surface area contributed by atoms with E-state index in [4.69, 9.17) is 0 Å². The standard InChI is InChI=1S/C21H25N/c1-2-15-22-16-18-11-4-6-13-20(18)21(22)14-8-7-10-17-9-3-5-12-19(17)21/h3-6,9,11-13H,2,7-8,10,14-16H2,1H3. The fraction of sp³-hybridized carbons (Fsp3) is 0.429. The number of rotatable bonds is 2. The van der Waals surface area contributed by atoms with Gasteiger partial charge in [-0.1, -0.05) is 61.9 Å². The molecular formula is C21H25N.